The maximum Gasteiger partial charge on any atom is 0.134 e. The Bertz CT molecular complexity index is 365. The predicted molar refractivity (Wildman–Crippen MR) is 58.6 cm³/mol. The number of nitrogens with one attached hydrogen (secondary N) is 1. The third-order valence-electron chi connectivity index (χ3n) is 2.18. The fourth-order valence-corrected chi connectivity index (χ4v) is 1.37. The molecule has 0 atom stereocenters. The zero-order valence-corrected chi connectivity index (χ0v) is 8.20. The number of rotatable bonds is 2. The summed E-state index contributed by atoms with van der Waals surface area (Å²) in [5.41, 5.74) is 2.21. The van der Waals surface area contributed by atoms with Gasteiger partial charge in [-0.3, -0.25) is 0 Å². The Morgan fingerprint density at radius 3 is 2.93 bits per heavy atom. The van der Waals surface area contributed by atoms with Crippen LogP contribution in [0.1, 0.15) is 12.5 Å². The van der Waals surface area contributed by atoms with Crippen molar-refractivity contribution in [3.8, 4) is 0 Å². The van der Waals surface area contributed by atoms with Crippen molar-refractivity contribution in [1.29, 1.82) is 0 Å². The van der Waals surface area contributed by atoms with Gasteiger partial charge in [0, 0.05) is 18.1 Å². The molecule has 0 saturated heterocycles. The second-order valence-corrected chi connectivity index (χ2v) is 3.27. The summed E-state index contributed by atoms with van der Waals surface area (Å²) in [6, 6.07) is 4.00. The lowest BCUT2D eigenvalue weighted by molar-refractivity contribution is 0.855. The summed E-state index contributed by atoms with van der Waals surface area (Å²) in [6.07, 6.45) is 5.67. The van der Waals surface area contributed by atoms with E-state index in [1.165, 1.54) is 5.70 Å². The molecule has 1 aromatic rings. The van der Waals surface area contributed by atoms with Crippen molar-refractivity contribution in [2.45, 2.75) is 6.92 Å². The van der Waals surface area contributed by atoms with Crippen molar-refractivity contribution in [3.05, 3.63) is 42.4 Å². The molecule has 1 aliphatic rings. The number of hydrogen-bond acceptors (Lipinski definition) is 3. The molecule has 3 heteroatoms. The number of hydrogen-bond donors (Lipinski definition) is 1. The van der Waals surface area contributed by atoms with Gasteiger partial charge in [0.1, 0.15) is 5.82 Å². The second kappa shape index (κ2) is 3.54. The van der Waals surface area contributed by atoms with Gasteiger partial charge in [-0.25, -0.2) is 4.98 Å². The fourth-order valence-electron chi connectivity index (χ4n) is 1.37. The highest BCUT2D eigenvalue weighted by Crippen LogP contribution is 2.15. The number of aromatic nitrogens is 1. The zero-order valence-electron chi connectivity index (χ0n) is 8.20. The van der Waals surface area contributed by atoms with Gasteiger partial charge in [-0.05, 0) is 24.6 Å². The topological polar surface area (TPSA) is 28.2 Å². The summed E-state index contributed by atoms with van der Waals surface area (Å²) in [4.78, 5) is 6.41. The molecule has 0 aromatic carbocycles. The van der Waals surface area contributed by atoms with Gasteiger partial charge in [-0.15, -0.1) is 0 Å². The summed E-state index contributed by atoms with van der Waals surface area (Å²) >= 11 is 0. The van der Waals surface area contributed by atoms with Gasteiger partial charge in [0.2, 0.25) is 0 Å². The Balaban J connectivity index is 2.21. The summed E-state index contributed by atoms with van der Waals surface area (Å²) < 4.78 is 0. The van der Waals surface area contributed by atoms with Gasteiger partial charge < -0.3 is 10.2 Å². The van der Waals surface area contributed by atoms with Crippen LogP contribution in [0, 0.1) is 0 Å². The minimum absolute atomic E-state index is 0.798. The molecule has 0 radical (unpaired) electrons. The summed E-state index contributed by atoms with van der Waals surface area (Å²) in [7, 11) is 0. The average Bonchev–Trinajstić information content (AvgIpc) is 2.65. The van der Waals surface area contributed by atoms with Crippen LogP contribution in [-0.2, 0) is 0 Å². The summed E-state index contributed by atoms with van der Waals surface area (Å²) in [5, 5.41) is 3.22. The van der Waals surface area contributed by atoms with Gasteiger partial charge >= 0.3 is 0 Å². The fraction of sp³-hybridized carbons (Fsp3) is 0.182. The molecule has 0 bridgehead atoms. The van der Waals surface area contributed by atoms with Crippen molar-refractivity contribution in [2.75, 3.05) is 11.6 Å². The Morgan fingerprint density at radius 1 is 1.57 bits per heavy atom. The van der Waals surface area contributed by atoms with Crippen LogP contribution in [-0.4, -0.2) is 11.7 Å². The Kier molecular flexibility index (Phi) is 2.23. The highest BCUT2D eigenvalue weighted by molar-refractivity contribution is 5.51. The molecule has 0 fully saturated rings. The van der Waals surface area contributed by atoms with E-state index in [-0.39, 0.29) is 0 Å². The standard InChI is InChI=1S/C11H13N3/c1-3-10-4-5-11(12-6-10)14-7-9(2)13-8-14/h3-7,13H,1,8H2,2H3. The first-order valence-corrected chi connectivity index (χ1v) is 4.57. The normalized spacial score (nSPS) is 14.9. The molecule has 0 spiro atoms. The van der Waals surface area contributed by atoms with E-state index in [9.17, 15) is 0 Å². The van der Waals surface area contributed by atoms with E-state index in [1.54, 1.807) is 6.08 Å². The first-order chi connectivity index (χ1) is 6.79. The number of pyridine rings is 1. The van der Waals surface area contributed by atoms with Crippen LogP contribution >= 0.6 is 0 Å². The van der Waals surface area contributed by atoms with Crippen molar-refractivity contribution in [3.63, 3.8) is 0 Å². The smallest absolute Gasteiger partial charge is 0.134 e. The minimum Gasteiger partial charge on any atom is -0.370 e. The highest BCUT2D eigenvalue weighted by Gasteiger charge is 2.10. The van der Waals surface area contributed by atoms with Gasteiger partial charge in [0.05, 0.1) is 6.67 Å². The molecule has 3 nitrogen and oxygen atoms in total. The van der Waals surface area contributed by atoms with Gasteiger partial charge in [-0.1, -0.05) is 12.7 Å². The molecule has 1 aromatic heterocycles. The van der Waals surface area contributed by atoms with E-state index in [2.05, 4.69) is 28.0 Å². The number of allylic oxidation sites excluding steroid dienone is 1. The van der Waals surface area contributed by atoms with Crippen molar-refractivity contribution in [2.24, 2.45) is 0 Å². The number of anilines is 1. The molecular weight excluding hydrogens is 174 g/mol. The van der Waals surface area contributed by atoms with Crippen LogP contribution in [0.25, 0.3) is 6.08 Å². The van der Waals surface area contributed by atoms with E-state index in [0.29, 0.717) is 0 Å². The maximum absolute atomic E-state index is 4.34. The first-order valence-electron chi connectivity index (χ1n) is 4.57. The molecule has 14 heavy (non-hydrogen) atoms. The van der Waals surface area contributed by atoms with Crippen LogP contribution < -0.4 is 10.2 Å². The van der Waals surface area contributed by atoms with Crippen molar-refractivity contribution in [1.82, 2.24) is 10.3 Å². The molecule has 0 aliphatic carbocycles. The molecule has 1 aliphatic heterocycles. The lowest BCUT2D eigenvalue weighted by atomic mass is 10.3. The predicted octanol–water partition coefficient (Wildman–Crippen LogP) is 1.95. The lowest BCUT2D eigenvalue weighted by Crippen LogP contribution is -2.21. The van der Waals surface area contributed by atoms with Gasteiger partial charge in [-0.2, -0.15) is 0 Å². The SMILES string of the molecule is C=Cc1ccc(N2C=C(C)NC2)nc1. The quantitative estimate of drug-likeness (QED) is 0.767. The summed E-state index contributed by atoms with van der Waals surface area (Å²) in [6.45, 7) is 6.53. The Hall–Kier alpha value is -1.77. The Morgan fingerprint density at radius 2 is 2.43 bits per heavy atom. The molecule has 1 N–H and O–H groups in total. The molecular formula is C11H13N3. The van der Waals surface area contributed by atoms with E-state index in [1.807, 2.05) is 25.3 Å². The lowest BCUT2D eigenvalue weighted by Gasteiger charge is -2.12. The van der Waals surface area contributed by atoms with Crippen LogP contribution in [0.2, 0.25) is 0 Å². The number of nitrogens with zero attached hydrogens (tertiary/aromatic N) is 2. The maximum atomic E-state index is 4.34. The summed E-state index contributed by atoms with van der Waals surface area (Å²) in [5.74, 6) is 0.958. The van der Waals surface area contributed by atoms with E-state index >= 15 is 0 Å². The third kappa shape index (κ3) is 1.62. The molecule has 2 rings (SSSR count). The first kappa shape index (κ1) is 8.81. The Labute approximate surface area is 83.8 Å². The minimum atomic E-state index is 0.798. The van der Waals surface area contributed by atoms with Gasteiger partial charge in [0.25, 0.3) is 0 Å². The molecule has 0 amide bonds. The van der Waals surface area contributed by atoms with E-state index < -0.39 is 0 Å². The van der Waals surface area contributed by atoms with Crippen LogP contribution in [0.4, 0.5) is 5.82 Å². The molecule has 72 valence electrons. The second-order valence-electron chi connectivity index (χ2n) is 3.27. The zero-order chi connectivity index (χ0) is 9.97. The van der Waals surface area contributed by atoms with Crippen molar-refractivity contribution < 1.29 is 0 Å². The highest BCUT2D eigenvalue weighted by atomic mass is 15.3. The van der Waals surface area contributed by atoms with Crippen LogP contribution in [0.15, 0.2) is 36.8 Å². The van der Waals surface area contributed by atoms with Crippen LogP contribution in [0.5, 0.6) is 0 Å². The molecule has 2 heterocycles. The molecule has 0 unspecified atom stereocenters. The van der Waals surface area contributed by atoms with E-state index in [4.69, 9.17) is 0 Å². The average molecular weight is 187 g/mol. The molecule has 0 saturated carbocycles. The van der Waals surface area contributed by atoms with E-state index in [0.717, 1.165) is 18.1 Å². The monoisotopic (exact) mass is 187 g/mol. The largest absolute Gasteiger partial charge is 0.370 e. The van der Waals surface area contributed by atoms with Crippen LogP contribution in [0.3, 0.4) is 0 Å². The third-order valence-corrected chi connectivity index (χ3v) is 2.18. The van der Waals surface area contributed by atoms with Crippen molar-refractivity contribution >= 4 is 11.9 Å². The van der Waals surface area contributed by atoms with Gasteiger partial charge in [0.15, 0.2) is 0 Å².